The highest BCUT2D eigenvalue weighted by Gasteiger charge is 2.33. The zero-order valence-electron chi connectivity index (χ0n) is 25.5. The van der Waals surface area contributed by atoms with Crippen LogP contribution in [0.2, 0.25) is 0 Å². The summed E-state index contributed by atoms with van der Waals surface area (Å²) >= 11 is 0. The van der Waals surface area contributed by atoms with E-state index in [-0.39, 0.29) is 53.4 Å². The number of fused-ring (bicyclic) bond motifs is 2. The van der Waals surface area contributed by atoms with Crippen LogP contribution in [0.25, 0.3) is 0 Å². The Bertz CT molecular complexity index is 1810. The van der Waals surface area contributed by atoms with Gasteiger partial charge in [0.25, 0.3) is 0 Å². The van der Waals surface area contributed by atoms with Crippen LogP contribution in [0, 0.1) is 0 Å². The number of aliphatic hydroxyl groups excluding tert-OH is 3. The van der Waals surface area contributed by atoms with Gasteiger partial charge in [-0.05, 0) is 66.8 Å². The summed E-state index contributed by atoms with van der Waals surface area (Å²) < 4.78 is 11.8. The molecule has 0 aliphatic carbocycles. The molecule has 4 aromatic carbocycles. The van der Waals surface area contributed by atoms with E-state index >= 15 is 0 Å². The third-order valence-electron chi connectivity index (χ3n) is 8.94. The Labute approximate surface area is 274 Å². The minimum absolute atomic E-state index is 0.0551. The van der Waals surface area contributed by atoms with E-state index in [0.717, 1.165) is 0 Å². The number of hydrogen-bond acceptors (Lipinski definition) is 13. The molecular weight excluding hydrogens is 628 g/mol. The average Bonchev–Trinajstić information content (AvgIpc) is 3.03. The summed E-state index contributed by atoms with van der Waals surface area (Å²) in [6, 6.07) is 10.7. The maximum atomic E-state index is 10.9. The van der Waals surface area contributed by atoms with Crippen molar-refractivity contribution in [1.82, 2.24) is 0 Å². The summed E-state index contributed by atoms with van der Waals surface area (Å²) in [5.41, 5.74) is 2.39. The third kappa shape index (κ3) is 6.22. The molecule has 5 unspecified atom stereocenters. The first-order chi connectivity index (χ1) is 22.8. The van der Waals surface area contributed by atoms with E-state index in [9.17, 15) is 56.2 Å². The maximum Gasteiger partial charge on any atom is 0.200 e. The van der Waals surface area contributed by atoms with Gasteiger partial charge in [0.1, 0.15) is 29.1 Å². The summed E-state index contributed by atoms with van der Waals surface area (Å²) in [5, 5.41) is 113. The van der Waals surface area contributed by atoms with Crippen LogP contribution in [-0.4, -0.2) is 62.3 Å². The molecule has 13 nitrogen and oxygen atoms in total. The molecule has 0 spiro atoms. The molecule has 0 fully saturated rings. The number of unbranched alkanes of at least 4 members (excludes halogenated alkanes) is 1. The fraction of sp³-hybridized carbons (Fsp3) is 0.314. The highest BCUT2D eigenvalue weighted by Crippen LogP contribution is 2.47. The van der Waals surface area contributed by atoms with E-state index in [0.29, 0.717) is 41.5 Å². The second-order valence-electron chi connectivity index (χ2n) is 12.3. The standard InChI is InChI=1S/C35H36O13/c36-21(19-6-16-9-29(44)35(48-31(16)13-23(19)38)18-10-27(42)34(46)28(43)11-18)4-2-1-3-15-5-20-24(39)14-30(47-32(20)12-22(15)37)17-7-25(40)33(45)26(41)8-17/h5-8,10-13,21,24,29-30,35-46H,1-4,9,14H2. The first-order valence-electron chi connectivity index (χ1n) is 15.4. The monoisotopic (exact) mass is 664 g/mol. The topological polar surface area (TPSA) is 241 Å². The molecule has 4 aromatic rings. The van der Waals surface area contributed by atoms with Gasteiger partial charge in [-0.1, -0.05) is 6.42 Å². The van der Waals surface area contributed by atoms with Crippen molar-refractivity contribution in [2.75, 3.05) is 0 Å². The minimum Gasteiger partial charge on any atom is -0.508 e. The van der Waals surface area contributed by atoms with Crippen LogP contribution in [0.1, 0.15) is 83.5 Å². The van der Waals surface area contributed by atoms with Gasteiger partial charge in [-0.2, -0.15) is 0 Å². The van der Waals surface area contributed by atoms with Crippen LogP contribution < -0.4 is 9.47 Å². The molecule has 0 bridgehead atoms. The number of aromatic hydroxyl groups is 8. The van der Waals surface area contributed by atoms with Crippen molar-refractivity contribution in [3.8, 4) is 57.5 Å². The molecule has 2 aliphatic rings. The lowest BCUT2D eigenvalue weighted by atomic mass is 9.91. The van der Waals surface area contributed by atoms with Gasteiger partial charge >= 0.3 is 0 Å². The Morgan fingerprint density at radius 3 is 1.90 bits per heavy atom. The van der Waals surface area contributed by atoms with Gasteiger partial charge in [-0.3, -0.25) is 0 Å². The molecule has 0 saturated heterocycles. The van der Waals surface area contributed by atoms with Gasteiger partial charge in [0.15, 0.2) is 40.6 Å². The number of hydrogen-bond donors (Lipinski definition) is 11. The smallest absolute Gasteiger partial charge is 0.200 e. The van der Waals surface area contributed by atoms with Gasteiger partial charge < -0.3 is 65.6 Å². The summed E-state index contributed by atoms with van der Waals surface area (Å²) in [6.07, 6.45) is -2.91. The lowest BCUT2D eigenvalue weighted by molar-refractivity contribution is 0.0202. The summed E-state index contributed by atoms with van der Waals surface area (Å²) in [4.78, 5) is 0. The number of phenols is 8. The molecule has 5 atom stereocenters. The molecule has 0 radical (unpaired) electrons. The van der Waals surface area contributed by atoms with Crippen LogP contribution in [0.5, 0.6) is 57.5 Å². The van der Waals surface area contributed by atoms with Crippen LogP contribution >= 0.6 is 0 Å². The van der Waals surface area contributed by atoms with Crippen LogP contribution in [0.15, 0.2) is 48.5 Å². The number of aryl methyl sites for hydroxylation is 1. The molecule has 11 N–H and O–H groups in total. The zero-order chi connectivity index (χ0) is 34.4. The molecule has 48 heavy (non-hydrogen) atoms. The van der Waals surface area contributed by atoms with E-state index in [1.807, 2.05) is 0 Å². The zero-order valence-corrected chi connectivity index (χ0v) is 25.5. The third-order valence-corrected chi connectivity index (χ3v) is 8.94. The molecule has 6 rings (SSSR count). The molecule has 13 heteroatoms. The minimum atomic E-state index is -1.09. The summed E-state index contributed by atoms with van der Waals surface area (Å²) in [5.74, 6) is -3.35. The normalized spacial score (nSPS) is 20.6. The fourth-order valence-electron chi connectivity index (χ4n) is 6.35. The maximum absolute atomic E-state index is 10.9. The number of ether oxygens (including phenoxy) is 2. The van der Waals surface area contributed by atoms with E-state index in [4.69, 9.17) is 9.47 Å². The summed E-state index contributed by atoms with van der Waals surface area (Å²) in [7, 11) is 0. The Hall–Kier alpha value is -5.24. The van der Waals surface area contributed by atoms with Gasteiger partial charge in [-0.15, -0.1) is 0 Å². The van der Waals surface area contributed by atoms with Gasteiger partial charge in [-0.25, -0.2) is 0 Å². The molecule has 0 aromatic heterocycles. The second-order valence-corrected chi connectivity index (χ2v) is 12.3. The SMILES string of the molecule is Oc1cc2c(cc1CCCCC(O)c1cc3c(cc1O)OC(c1cc(O)c(O)c(O)c1)C(O)C3)C(O)CC(c1cc(O)c(O)c(O)c1)O2. The van der Waals surface area contributed by atoms with E-state index in [1.54, 1.807) is 12.1 Å². The average molecular weight is 665 g/mol. The Kier molecular flexibility index (Phi) is 8.69. The van der Waals surface area contributed by atoms with Gasteiger partial charge in [0, 0.05) is 47.2 Å². The van der Waals surface area contributed by atoms with Crippen LogP contribution in [-0.2, 0) is 12.8 Å². The van der Waals surface area contributed by atoms with Crippen molar-refractivity contribution in [3.63, 3.8) is 0 Å². The quantitative estimate of drug-likeness (QED) is 0.0927. The number of rotatable bonds is 8. The molecule has 0 amide bonds. The number of phenolic OH excluding ortho intramolecular Hbond substituents is 8. The highest BCUT2D eigenvalue weighted by molar-refractivity contribution is 5.55. The van der Waals surface area contributed by atoms with Gasteiger partial charge in [0.2, 0.25) is 0 Å². The van der Waals surface area contributed by atoms with Crippen molar-refractivity contribution in [1.29, 1.82) is 0 Å². The lowest BCUT2D eigenvalue weighted by Gasteiger charge is -2.32. The number of aliphatic hydroxyl groups is 3. The first-order valence-corrected chi connectivity index (χ1v) is 15.4. The van der Waals surface area contributed by atoms with E-state index < -0.39 is 65.0 Å². The molecular formula is C35H36O13. The molecule has 254 valence electrons. The largest absolute Gasteiger partial charge is 0.508 e. The lowest BCUT2D eigenvalue weighted by Crippen LogP contribution is -2.30. The summed E-state index contributed by atoms with van der Waals surface area (Å²) in [6.45, 7) is 0. The van der Waals surface area contributed by atoms with Crippen LogP contribution in [0.4, 0.5) is 0 Å². The van der Waals surface area contributed by atoms with E-state index in [2.05, 4.69) is 0 Å². The van der Waals surface area contributed by atoms with Gasteiger partial charge in [0.05, 0.1) is 18.3 Å². The Morgan fingerprint density at radius 1 is 0.646 bits per heavy atom. The van der Waals surface area contributed by atoms with Crippen molar-refractivity contribution in [2.24, 2.45) is 0 Å². The second kappa shape index (κ2) is 12.8. The first kappa shape index (κ1) is 32.7. The van der Waals surface area contributed by atoms with Crippen LogP contribution in [0.3, 0.4) is 0 Å². The molecule has 0 saturated carbocycles. The highest BCUT2D eigenvalue weighted by atomic mass is 16.5. The molecule has 2 aliphatic heterocycles. The predicted molar refractivity (Wildman–Crippen MR) is 168 cm³/mol. The number of benzene rings is 4. The van der Waals surface area contributed by atoms with Crippen molar-refractivity contribution < 1.29 is 65.6 Å². The predicted octanol–water partition coefficient (Wildman–Crippen LogP) is 4.37. The van der Waals surface area contributed by atoms with Crippen molar-refractivity contribution in [3.05, 3.63) is 81.9 Å². The molecule has 2 heterocycles. The van der Waals surface area contributed by atoms with Crippen molar-refractivity contribution >= 4 is 0 Å². The van der Waals surface area contributed by atoms with Crippen molar-refractivity contribution in [2.45, 2.75) is 69.0 Å². The Morgan fingerprint density at radius 2 is 1.25 bits per heavy atom. The Balaban J connectivity index is 1.07. The fourth-order valence-corrected chi connectivity index (χ4v) is 6.35. The van der Waals surface area contributed by atoms with E-state index in [1.165, 1.54) is 36.4 Å².